The average molecular weight is 395 g/mol. The molecular weight excluding hydrogens is 379 g/mol. The van der Waals surface area contributed by atoms with Gasteiger partial charge in [0.15, 0.2) is 0 Å². The van der Waals surface area contributed by atoms with Gasteiger partial charge >= 0.3 is 12.1 Å². The maximum absolute atomic E-state index is 12.7. The molecule has 3 aromatic rings. The van der Waals surface area contributed by atoms with E-state index in [-0.39, 0.29) is 18.1 Å². The highest BCUT2D eigenvalue weighted by molar-refractivity contribution is 5.40. The van der Waals surface area contributed by atoms with Crippen molar-refractivity contribution in [1.82, 2.24) is 14.1 Å². The molecule has 0 aliphatic heterocycles. The molecule has 7 nitrogen and oxygen atoms in total. The van der Waals surface area contributed by atoms with Crippen molar-refractivity contribution in [3.63, 3.8) is 0 Å². The molecule has 0 fully saturated rings. The second-order valence-electron chi connectivity index (χ2n) is 5.69. The highest BCUT2D eigenvalue weighted by Gasteiger charge is 2.31. The van der Waals surface area contributed by atoms with Crippen LogP contribution in [0.2, 0.25) is 0 Å². The molecule has 3 rings (SSSR count). The van der Waals surface area contributed by atoms with Gasteiger partial charge < -0.3 is 14.6 Å². The van der Waals surface area contributed by atoms with Crippen molar-refractivity contribution < 1.29 is 27.8 Å². The van der Waals surface area contributed by atoms with Crippen LogP contribution >= 0.6 is 0 Å². The van der Waals surface area contributed by atoms with Gasteiger partial charge in [-0.15, -0.1) is 13.2 Å². The summed E-state index contributed by atoms with van der Waals surface area (Å²) in [5.41, 5.74) is 0.307. The van der Waals surface area contributed by atoms with E-state index < -0.39 is 17.8 Å². The fourth-order valence-corrected chi connectivity index (χ4v) is 2.64. The Morgan fingerprint density at radius 2 is 1.89 bits per heavy atom. The number of aromatic nitrogens is 3. The number of hydrogen-bond acceptors (Lipinski definition) is 5. The lowest BCUT2D eigenvalue weighted by Crippen LogP contribution is -2.23. The smallest absolute Gasteiger partial charge is 0.493 e. The first-order valence-electron chi connectivity index (χ1n) is 8.21. The molecule has 2 heterocycles. The van der Waals surface area contributed by atoms with Crippen molar-refractivity contribution >= 4 is 0 Å². The molecule has 0 aliphatic rings. The number of halogens is 3. The summed E-state index contributed by atoms with van der Waals surface area (Å²) in [6, 6.07) is 6.29. The van der Waals surface area contributed by atoms with Crippen LogP contribution in [0.1, 0.15) is 12.5 Å². The first-order valence-corrected chi connectivity index (χ1v) is 8.21. The molecule has 2 aromatic heterocycles. The maximum Gasteiger partial charge on any atom is 0.573 e. The topological polar surface area (TPSA) is 78.5 Å². The van der Waals surface area contributed by atoms with Crippen molar-refractivity contribution in [3.05, 3.63) is 65.0 Å². The van der Waals surface area contributed by atoms with E-state index in [1.54, 1.807) is 12.3 Å². The maximum atomic E-state index is 12.7. The molecule has 1 aromatic carbocycles. The van der Waals surface area contributed by atoms with Gasteiger partial charge in [0, 0.05) is 11.8 Å². The van der Waals surface area contributed by atoms with Gasteiger partial charge in [-0.25, -0.2) is 9.36 Å². The Labute approximate surface area is 157 Å². The largest absolute Gasteiger partial charge is 0.573 e. The first kappa shape index (κ1) is 19.3. The summed E-state index contributed by atoms with van der Waals surface area (Å²) < 4.78 is 48.3. The van der Waals surface area contributed by atoms with Crippen LogP contribution in [0.4, 0.5) is 13.2 Å². The van der Waals surface area contributed by atoms with Gasteiger partial charge in [-0.1, -0.05) is 0 Å². The van der Waals surface area contributed by atoms with Crippen LogP contribution in [-0.4, -0.2) is 32.2 Å². The number of benzene rings is 1. The van der Waals surface area contributed by atoms with Crippen molar-refractivity contribution in [1.29, 1.82) is 0 Å². The Balaban J connectivity index is 1.90. The number of imidazole rings is 1. The zero-order valence-electron chi connectivity index (χ0n) is 14.7. The highest BCUT2D eigenvalue weighted by atomic mass is 19.4. The predicted octanol–water partition coefficient (Wildman–Crippen LogP) is 3.09. The van der Waals surface area contributed by atoms with Gasteiger partial charge in [0.2, 0.25) is 5.88 Å². The second kappa shape index (κ2) is 7.67. The third-order valence-corrected chi connectivity index (χ3v) is 3.78. The molecule has 0 aliphatic carbocycles. The minimum Gasteiger partial charge on any atom is -0.493 e. The number of ether oxygens (including phenoxy) is 2. The molecule has 10 heteroatoms. The van der Waals surface area contributed by atoms with Gasteiger partial charge in [-0.05, 0) is 37.3 Å². The molecule has 148 valence electrons. The predicted molar refractivity (Wildman–Crippen MR) is 92.9 cm³/mol. The normalized spacial score (nSPS) is 11.4. The summed E-state index contributed by atoms with van der Waals surface area (Å²) >= 11 is 0. The van der Waals surface area contributed by atoms with Crippen LogP contribution < -0.4 is 15.2 Å². The standard InChI is InChI=1S/C18H16F3N3O4/c1-2-27-15-9-22-8-7-12(15)10-23-11-16(25)24(17(23)26)13-3-5-14(6-4-13)28-18(19,20)21/h3-9,11,25H,2,10H2,1H3. The molecule has 0 amide bonds. The lowest BCUT2D eigenvalue weighted by Gasteiger charge is -2.10. The van der Waals surface area contributed by atoms with E-state index >= 15 is 0 Å². The number of alkyl halides is 3. The summed E-state index contributed by atoms with van der Waals surface area (Å²) in [6.07, 6.45) is -0.496. The van der Waals surface area contributed by atoms with Gasteiger partial charge in [0.25, 0.3) is 0 Å². The van der Waals surface area contributed by atoms with E-state index in [2.05, 4.69) is 9.72 Å². The van der Waals surface area contributed by atoms with Gasteiger partial charge in [-0.3, -0.25) is 9.55 Å². The fraction of sp³-hybridized carbons (Fsp3) is 0.222. The van der Waals surface area contributed by atoms with Gasteiger partial charge in [-0.2, -0.15) is 0 Å². The molecule has 0 bridgehead atoms. The lowest BCUT2D eigenvalue weighted by molar-refractivity contribution is -0.274. The molecule has 0 radical (unpaired) electrons. The zero-order valence-corrected chi connectivity index (χ0v) is 14.7. The Morgan fingerprint density at radius 3 is 2.54 bits per heavy atom. The quantitative estimate of drug-likeness (QED) is 0.694. The van der Waals surface area contributed by atoms with Crippen LogP contribution in [0, 0.1) is 0 Å². The van der Waals surface area contributed by atoms with Crippen molar-refractivity contribution in [2.24, 2.45) is 0 Å². The molecular formula is C18H16F3N3O4. The fourth-order valence-electron chi connectivity index (χ4n) is 2.64. The molecule has 0 unspecified atom stereocenters. The van der Waals surface area contributed by atoms with E-state index in [0.29, 0.717) is 17.9 Å². The number of nitrogens with zero attached hydrogens (tertiary/aromatic N) is 3. The molecule has 28 heavy (non-hydrogen) atoms. The van der Waals surface area contributed by atoms with Crippen LogP contribution in [-0.2, 0) is 6.54 Å². The third-order valence-electron chi connectivity index (χ3n) is 3.78. The van der Waals surface area contributed by atoms with Gasteiger partial charge in [0.05, 0.1) is 31.2 Å². The van der Waals surface area contributed by atoms with Gasteiger partial charge in [0.1, 0.15) is 11.5 Å². The Kier molecular flexibility index (Phi) is 5.30. The number of hydrogen-bond donors (Lipinski definition) is 1. The molecule has 0 saturated heterocycles. The van der Waals surface area contributed by atoms with Crippen molar-refractivity contribution in [2.45, 2.75) is 19.8 Å². The SMILES string of the molecule is CCOc1cnccc1Cn1cc(O)n(-c2ccc(OC(F)(F)F)cc2)c1=O. The second-order valence-corrected chi connectivity index (χ2v) is 5.69. The first-order chi connectivity index (χ1) is 13.3. The molecule has 0 saturated carbocycles. The average Bonchev–Trinajstić information content (AvgIpc) is 2.90. The summed E-state index contributed by atoms with van der Waals surface area (Å²) in [4.78, 5) is 16.6. The van der Waals surface area contributed by atoms with E-state index in [0.717, 1.165) is 16.7 Å². The van der Waals surface area contributed by atoms with E-state index in [9.17, 15) is 23.1 Å². The highest BCUT2D eigenvalue weighted by Crippen LogP contribution is 2.25. The van der Waals surface area contributed by atoms with Crippen molar-refractivity contribution in [3.8, 4) is 23.1 Å². The Morgan fingerprint density at radius 1 is 1.18 bits per heavy atom. The van der Waals surface area contributed by atoms with Crippen LogP contribution in [0.15, 0.2) is 53.7 Å². The number of pyridine rings is 1. The van der Waals surface area contributed by atoms with E-state index in [4.69, 9.17) is 4.74 Å². The lowest BCUT2D eigenvalue weighted by atomic mass is 10.2. The van der Waals surface area contributed by atoms with Crippen LogP contribution in [0.5, 0.6) is 17.4 Å². The minimum absolute atomic E-state index is 0.118. The van der Waals surface area contributed by atoms with Crippen LogP contribution in [0.3, 0.4) is 0 Å². The molecule has 0 atom stereocenters. The van der Waals surface area contributed by atoms with Crippen LogP contribution in [0.25, 0.3) is 5.69 Å². The molecule has 0 spiro atoms. The minimum atomic E-state index is -4.81. The summed E-state index contributed by atoms with van der Waals surface area (Å²) in [7, 11) is 0. The van der Waals surface area contributed by atoms with E-state index in [1.165, 1.54) is 29.1 Å². The Hall–Kier alpha value is -3.43. The zero-order chi connectivity index (χ0) is 20.3. The monoisotopic (exact) mass is 395 g/mol. The summed E-state index contributed by atoms with van der Waals surface area (Å²) in [6.45, 7) is 2.36. The summed E-state index contributed by atoms with van der Waals surface area (Å²) in [5.74, 6) is -0.277. The molecule has 1 N–H and O–H groups in total. The number of aromatic hydroxyl groups is 1. The number of rotatable bonds is 6. The van der Waals surface area contributed by atoms with E-state index in [1.807, 2.05) is 6.92 Å². The summed E-state index contributed by atoms with van der Waals surface area (Å²) in [5, 5.41) is 10.2. The van der Waals surface area contributed by atoms with Crippen molar-refractivity contribution in [2.75, 3.05) is 6.61 Å². The Bertz CT molecular complexity index is 1010. The third kappa shape index (κ3) is 4.27.